The smallest absolute Gasteiger partial charge is 0.301 e. The molecule has 48 heavy (non-hydrogen) atoms. The fourth-order valence-corrected chi connectivity index (χ4v) is 6.97. The highest BCUT2D eigenvalue weighted by Gasteiger charge is 2.48. The average Bonchev–Trinajstić information content (AvgIpc) is 3.69. The third-order valence-electron chi connectivity index (χ3n) is 7.51. The van der Waals surface area contributed by atoms with E-state index in [0.717, 1.165) is 22.5 Å². The van der Waals surface area contributed by atoms with Gasteiger partial charge in [0.2, 0.25) is 5.13 Å². The summed E-state index contributed by atoms with van der Waals surface area (Å²) in [7, 11) is 1.53. The fraction of sp³-hybridized carbons (Fsp3) is 0.167. The van der Waals surface area contributed by atoms with Crippen molar-refractivity contribution in [3.63, 3.8) is 0 Å². The van der Waals surface area contributed by atoms with Gasteiger partial charge in [-0.05, 0) is 72.1 Å². The number of hydrogen-bond donors (Lipinski definition) is 1. The van der Waals surface area contributed by atoms with Gasteiger partial charge < -0.3 is 19.3 Å². The molecule has 0 radical (unpaired) electrons. The summed E-state index contributed by atoms with van der Waals surface area (Å²) in [5, 5.41) is 20.3. The van der Waals surface area contributed by atoms with Gasteiger partial charge in [-0.1, -0.05) is 71.6 Å². The number of hydrogen-bond acceptors (Lipinski definition) is 10. The van der Waals surface area contributed by atoms with Crippen LogP contribution < -0.4 is 19.1 Å². The van der Waals surface area contributed by atoms with E-state index in [4.69, 9.17) is 14.2 Å². The molecule has 1 fully saturated rings. The highest BCUT2D eigenvalue weighted by molar-refractivity contribution is 8.00. The molecule has 12 heteroatoms. The first-order valence-electron chi connectivity index (χ1n) is 15.0. The van der Waals surface area contributed by atoms with Crippen LogP contribution in [0.1, 0.15) is 35.2 Å². The monoisotopic (exact) mass is 683 g/mol. The number of Topliss-reactive ketones (excluding diaryl/α,β-unsaturated/α-hetero) is 1. The number of ether oxygens (including phenoxy) is 3. The number of anilines is 1. The molecule has 1 aromatic heterocycles. The lowest BCUT2D eigenvalue weighted by Crippen LogP contribution is -2.29. The summed E-state index contributed by atoms with van der Waals surface area (Å²) in [6.07, 6.45) is 0. The molecule has 1 unspecified atom stereocenters. The van der Waals surface area contributed by atoms with Gasteiger partial charge in [0.25, 0.3) is 5.78 Å². The number of aliphatic hydroxyl groups is 1. The summed E-state index contributed by atoms with van der Waals surface area (Å²) in [5.74, 6) is -0.445. The van der Waals surface area contributed by atoms with Gasteiger partial charge in [0.15, 0.2) is 15.8 Å². The first-order chi connectivity index (χ1) is 23.4. The lowest BCUT2D eigenvalue weighted by Gasteiger charge is -2.23. The van der Waals surface area contributed by atoms with Crippen molar-refractivity contribution in [3.8, 4) is 17.2 Å². The van der Waals surface area contributed by atoms with E-state index < -0.39 is 17.7 Å². The van der Waals surface area contributed by atoms with Crippen LogP contribution in [-0.4, -0.2) is 40.7 Å². The van der Waals surface area contributed by atoms with Gasteiger partial charge in [0, 0.05) is 11.3 Å². The molecule has 1 aliphatic rings. The SMILES string of the molecule is CCOc1cc(C2/C(=C(\O)c3ccc(OC)cc3)C(=O)C(=O)N2c2nnc(SCc3ccc(F)cc3)s2)ccc1OCc1ccccc1. The molecule has 0 bridgehead atoms. The Hall–Kier alpha value is -5.20. The minimum absolute atomic E-state index is 0.110. The number of thioether (sulfide) groups is 1. The van der Waals surface area contributed by atoms with E-state index >= 15 is 0 Å². The van der Waals surface area contributed by atoms with E-state index in [1.54, 1.807) is 54.6 Å². The Morgan fingerprint density at radius 1 is 0.917 bits per heavy atom. The van der Waals surface area contributed by atoms with Crippen LogP contribution in [-0.2, 0) is 21.9 Å². The summed E-state index contributed by atoms with van der Waals surface area (Å²) in [4.78, 5) is 28.7. The van der Waals surface area contributed by atoms with Crippen LogP contribution >= 0.6 is 23.1 Å². The normalized spacial score (nSPS) is 15.5. The predicted octanol–water partition coefficient (Wildman–Crippen LogP) is 7.58. The Kier molecular flexibility index (Phi) is 10.0. The number of halogens is 1. The highest BCUT2D eigenvalue weighted by Crippen LogP contribution is 2.46. The van der Waals surface area contributed by atoms with E-state index in [1.807, 2.05) is 37.3 Å². The molecule has 0 spiro atoms. The number of aromatic nitrogens is 2. The number of benzene rings is 4. The van der Waals surface area contributed by atoms with Crippen molar-refractivity contribution in [1.29, 1.82) is 0 Å². The van der Waals surface area contributed by atoms with Crippen LogP contribution in [0.4, 0.5) is 9.52 Å². The number of methoxy groups -OCH3 is 1. The van der Waals surface area contributed by atoms with Crippen LogP contribution in [0.5, 0.6) is 17.2 Å². The largest absolute Gasteiger partial charge is 0.507 e. The van der Waals surface area contributed by atoms with E-state index in [1.165, 1.54) is 35.9 Å². The summed E-state index contributed by atoms with van der Waals surface area (Å²) in [6.45, 7) is 2.48. The number of nitrogens with zero attached hydrogens (tertiary/aromatic N) is 3. The number of carbonyl (C=O) groups is 2. The van der Waals surface area contributed by atoms with E-state index in [0.29, 0.717) is 51.7 Å². The summed E-state index contributed by atoms with van der Waals surface area (Å²) in [5.41, 5.74) is 2.58. The predicted molar refractivity (Wildman–Crippen MR) is 182 cm³/mol. The second kappa shape index (κ2) is 14.7. The zero-order valence-electron chi connectivity index (χ0n) is 26.0. The van der Waals surface area contributed by atoms with E-state index in [9.17, 15) is 19.1 Å². The first kappa shape index (κ1) is 32.7. The van der Waals surface area contributed by atoms with Crippen LogP contribution in [0.3, 0.4) is 0 Å². The maximum atomic E-state index is 13.7. The summed E-state index contributed by atoms with van der Waals surface area (Å²) < 4.78 is 31.2. The van der Waals surface area contributed by atoms with Crippen LogP contribution in [0, 0.1) is 5.82 Å². The molecule has 0 aliphatic carbocycles. The molecule has 1 amide bonds. The third kappa shape index (κ3) is 7.04. The number of aliphatic hydroxyl groups excluding tert-OH is 1. The van der Waals surface area contributed by atoms with E-state index in [2.05, 4.69) is 10.2 Å². The van der Waals surface area contributed by atoms with Gasteiger partial charge in [-0.15, -0.1) is 10.2 Å². The molecular weight excluding hydrogens is 654 g/mol. The zero-order chi connectivity index (χ0) is 33.6. The minimum Gasteiger partial charge on any atom is -0.507 e. The quantitative estimate of drug-likeness (QED) is 0.0468. The number of ketones is 1. The molecule has 1 aliphatic heterocycles. The second-order valence-electron chi connectivity index (χ2n) is 10.6. The van der Waals surface area contributed by atoms with Gasteiger partial charge in [0.1, 0.15) is 23.9 Å². The molecule has 5 aromatic rings. The zero-order valence-corrected chi connectivity index (χ0v) is 27.6. The Bertz CT molecular complexity index is 1950. The minimum atomic E-state index is -1.06. The van der Waals surface area contributed by atoms with E-state index in [-0.39, 0.29) is 22.3 Å². The summed E-state index contributed by atoms with van der Waals surface area (Å²) >= 11 is 2.51. The number of amides is 1. The molecular formula is C36H30FN3O6S2. The Balaban J connectivity index is 1.39. The Morgan fingerprint density at radius 2 is 1.67 bits per heavy atom. The highest BCUT2D eigenvalue weighted by atomic mass is 32.2. The lowest BCUT2D eigenvalue weighted by molar-refractivity contribution is -0.132. The molecule has 9 nitrogen and oxygen atoms in total. The molecule has 1 N–H and O–H groups in total. The van der Waals surface area contributed by atoms with Gasteiger partial charge in [-0.2, -0.15) is 0 Å². The van der Waals surface area contributed by atoms with Crippen molar-refractivity contribution in [2.45, 2.75) is 29.7 Å². The standard InChI is InChI=1S/C36H30FN3O6S2/c1-3-45-29-19-25(13-18-28(29)46-20-22-7-5-4-6-8-22)31-30(32(41)24-11-16-27(44-2)17-12-24)33(42)34(43)40(31)35-38-39-36(48-35)47-21-23-9-14-26(37)15-10-23/h4-19,31,41H,3,20-21H2,1-2H3/b32-30+. The van der Waals surface area contributed by atoms with Crippen LogP contribution in [0.25, 0.3) is 5.76 Å². The molecule has 6 rings (SSSR count). The van der Waals surface area contributed by atoms with Crippen LogP contribution in [0.2, 0.25) is 0 Å². The summed E-state index contributed by atoms with van der Waals surface area (Å²) in [6, 6.07) is 26.5. The van der Waals surface area contributed by atoms with Crippen molar-refractivity contribution in [2.24, 2.45) is 0 Å². The van der Waals surface area contributed by atoms with Crippen molar-refractivity contribution in [3.05, 3.63) is 131 Å². The molecule has 244 valence electrons. The van der Waals surface area contributed by atoms with Gasteiger partial charge in [-0.25, -0.2) is 4.39 Å². The van der Waals surface area contributed by atoms with Crippen molar-refractivity contribution in [2.75, 3.05) is 18.6 Å². The van der Waals surface area contributed by atoms with Crippen molar-refractivity contribution >= 4 is 45.7 Å². The van der Waals surface area contributed by atoms with Gasteiger partial charge in [0.05, 0.1) is 25.3 Å². The van der Waals surface area contributed by atoms with Crippen molar-refractivity contribution in [1.82, 2.24) is 10.2 Å². The maximum absolute atomic E-state index is 13.7. The Morgan fingerprint density at radius 3 is 2.38 bits per heavy atom. The molecule has 4 aromatic carbocycles. The molecule has 1 saturated heterocycles. The third-order valence-corrected chi connectivity index (χ3v) is 9.63. The number of carbonyl (C=O) groups excluding carboxylic acids is 2. The molecule has 1 atom stereocenters. The first-order valence-corrected chi connectivity index (χ1v) is 16.8. The van der Waals surface area contributed by atoms with Crippen molar-refractivity contribution < 1.29 is 33.3 Å². The second-order valence-corrected chi connectivity index (χ2v) is 12.8. The van der Waals surface area contributed by atoms with Gasteiger partial charge >= 0.3 is 5.91 Å². The molecule has 2 heterocycles. The number of rotatable bonds is 12. The average molecular weight is 684 g/mol. The van der Waals surface area contributed by atoms with Crippen LogP contribution in [0.15, 0.2) is 107 Å². The molecule has 0 saturated carbocycles. The maximum Gasteiger partial charge on any atom is 0.301 e. The topological polar surface area (TPSA) is 111 Å². The Labute approximate surface area is 284 Å². The lowest BCUT2D eigenvalue weighted by atomic mass is 9.95. The van der Waals surface area contributed by atoms with Gasteiger partial charge in [-0.3, -0.25) is 14.5 Å². The fourth-order valence-electron chi connectivity index (χ4n) is 5.15.